The first kappa shape index (κ1) is 13.3. The van der Waals surface area contributed by atoms with Crippen LogP contribution in [0, 0.1) is 31.5 Å². The lowest BCUT2D eigenvalue weighted by Crippen LogP contribution is -2.03. The Hall–Kier alpha value is -2.12. The summed E-state index contributed by atoms with van der Waals surface area (Å²) < 4.78 is 15.2. The quantitative estimate of drug-likeness (QED) is 0.837. The predicted molar refractivity (Wildman–Crippen MR) is 71.2 cm³/mol. The van der Waals surface area contributed by atoms with Gasteiger partial charge in [0.1, 0.15) is 12.4 Å². The Labute approximate surface area is 111 Å². The van der Waals surface area contributed by atoms with Gasteiger partial charge in [-0.25, -0.2) is 9.37 Å². The highest BCUT2D eigenvalue weighted by molar-refractivity contribution is 5.42. The molecule has 1 aromatic carbocycles. The standard InChI is InChI=1S/C15H15FN2O/c1-11-12(2)18(10-17-11)9-14-5-6-15(16)8-13(14)4-3-7-19/h5-6,8,10,19H,7,9H2,1-2H3. The van der Waals surface area contributed by atoms with Crippen molar-refractivity contribution in [3.8, 4) is 11.8 Å². The molecule has 0 fully saturated rings. The Morgan fingerprint density at radius 2 is 2.16 bits per heavy atom. The molecule has 2 aromatic rings. The van der Waals surface area contributed by atoms with Crippen molar-refractivity contribution in [3.05, 3.63) is 52.9 Å². The second-order valence-electron chi connectivity index (χ2n) is 4.30. The third kappa shape index (κ3) is 3.01. The van der Waals surface area contributed by atoms with Crippen LogP contribution in [0.1, 0.15) is 22.5 Å². The predicted octanol–water partition coefficient (Wildman–Crippen LogP) is 2.03. The summed E-state index contributed by atoms with van der Waals surface area (Å²) in [5.74, 6) is 5.00. The minimum absolute atomic E-state index is 0.237. The van der Waals surface area contributed by atoms with Crippen LogP contribution in [0.15, 0.2) is 24.5 Å². The number of benzene rings is 1. The number of hydrogen-bond acceptors (Lipinski definition) is 2. The molecule has 0 saturated carbocycles. The third-order valence-corrected chi connectivity index (χ3v) is 3.06. The maximum absolute atomic E-state index is 13.2. The van der Waals surface area contributed by atoms with Gasteiger partial charge in [0, 0.05) is 17.8 Å². The van der Waals surface area contributed by atoms with E-state index in [-0.39, 0.29) is 12.4 Å². The first-order chi connectivity index (χ1) is 9.11. The SMILES string of the molecule is Cc1ncn(Cc2ccc(F)cc2C#CCO)c1C. The maximum Gasteiger partial charge on any atom is 0.124 e. The molecule has 0 aliphatic heterocycles. The van der Waals surface area contributed by atoms with Crippen molar-refractivity contribution in [2.75, 3.05) is 6.61 Å². The summed E-state index contributed by atoms with van der Waals surface area (Å²) in [6.45, 7) is 4.29. The fourth-order valence-corrected chi connectivity index (χ4v) is 1.82. The third-order valence-electron chi connectivity index (χ3n) is 3.06. The van der Waals surface area contributed by atoms with Crippen LogP contribution in [0.3, 0.4) is 0 Å². The van der Waals surface area contributed by atoms with E-state index < -0.39 is 0 Å². The van der Waals surface area contributed by atoms with Crippen LogP contribution in [-0.2, 0) is 6.54 Å². The summed E-state index contributed by atoms with van der Waals surface area (Å²) in [6, 6.07) is 4.52. The highest BCUT2D eigenvalue weighted by atomic mass is 19.1. The molecule has 0 aliphatic rings. The van der Waals surface area contributed by atoms with Gasteiger partial charge in [0.15, 0.2) is 0 Å². The maximum atomic E-state index is 13.2. The van der Waals surface area contributed by atoms with Gasteiger partial charge >= 0.3 is 0 Å². The molecule has 0 unspecified atom stereocenters. The molecule has 2 rings (SSSR count). The monoisotopic (exact) mass is 258 g/mol. The van der Waals surface area contributed by atoms with Crippen molar-refractivity contribution in [1.82, 2.24) is 9.55 Å². The van der Waals surface area contributed by atoms with Crippen molar-refractivity contribution in [2.24, 2.45) is 0 Å². The van der Waals surface area contributed by atoms with E-state index in [1.54, 1.807) is 12.4 Å². The van der Waals surface area contributed by atoms with Gasteiger partial charge in [-0.05, 0) is 31.5 Å². The fourth-order valence-electron chi connectivity index (χ4n) is 1.82. The zero-order chi connectivity index (χ0) is 13.8. The van der Waals surface area contributed by atoms with Gasteiger partial charge in [-0.1, -0.05) is 17.9 Å². The Kier molecular flexibility index (Phi) is 3.98. The number of aliphatic hydroxyl groups is 1. The highest BCUT2D eigenvalue weighted by Crippen LogP contribution is 2.14. The van der Waals surface area contributed by atoms with Crippen molar-refractivity contribution in [3.63, 3.8) is 0 Å². The van der Waals surface area contributed by atoms with Gasteiger partial charge in [-0.2, -0.15) is 0 Å². The van der Waals surface area contributed by atoms with Crippen LogP contribution in [0.5, 0.6) is 0 Å². The number of hydrogen-bond donors (Lipinski definition) is 1. The number of nitrogens with zero attached hydrogens (tertiary/aromatic N) is 2. The van der Waals surface area contributed by atoms with Crippen LogP contribution in [-0.4, -0.2) is 21.3 Å². The number of aromatic nitrogens is 2. The molecule has 1 aromatic heterocycles. The minimum atomic E-state index is -0.329. The Bertz CT molecular complexity index is 650. The average Bonchev–Trinajstić information content (AvgIpc) is 2.71. The Balaban J connectivity index is 2.37. The first-order valence-corrected chi connectivity index (χ1v) is 5.98. The lowest BCUT2D eigenvalue weighted by Gasteiger charge is -2.08. The van der Waals surface area contributed by atoms with Gasteiger partial charge in [0.05, 0.1) is 12.0 Å². The van der Waals surface area contributed by atoms with Crippen LogP contribution in [0.25, 0.3) is 0 Å². The van der Waals surface area contributed by atoms with E-state index in [4.69, 9.17) is 5.11 Å². The molecule has 98 valence electrons. The molecule has 0 saturated heterocycles. The number of aryl methyl sites for hydroxylation is 1. The minimum Gasteiger partial charge on any atom is -0.384 e. The van der Waals surface area contributed by atoms with E-state index in [1.807, 2.05) is 18.4 Å². The van der Waals surface area contributed by atoms with E-state index in [1.165, 1.54) is 12.1 Å². The number of aliphatic hydroxyl groups excluding tert-OH is 1. The molecule has 0 spiro atoms. The second-order valence-corrected chi connectivity index (χ2v) is 4.30. The fraction of sp³-hybridized carbons (Fsp3) is 0.267. The Morgan fingerprint density at radius 1 is 1.37 bits per heavy atom. The van der Waals surface area contributed by atoms with Gasteiger partial charge < -0.3 is 9.67 Å². The molecule has 0 amide bonds. The van der Waals surface area contributed by atoms with E-state index in [0.717, 1.165) is 17.0 Å². The van der Waals surface area contributed by atoms with Gasteiger partial charge in [-0.3, -0.25) is 0 Å². The van der Waals surface area contributed by atoms with Crippen molar-refractivity contribution >= 4 is 0 Å². The highest BCUT2D eigenvalue weighted by Gasteiger charge is 2.06. The lowest BCUT2D eigenvalue weighted by atomic mass is 10.1. The molecular formula is C15H15FN2O. The van der Waals surface area contributed by atoms with Crippen molar-refractivity contribution < 1.29 is 9.50 Å². The molecule has 3 nitrogen and oxygen atoms in total. The number of halogens is 1. The van der Waals surface area contributed by atoms with Gasteiger partial charge in [0.25, 0.3) is 0 Å². The number of rotatable bonds is 2. The van der Waals surface area contributed by atoms with E-state index in [2.05, 4.69) is 16.8 Å². The van der Waals surface area contributed by atoms with Crippen LogP contribution in [0.2, 0.25) is 0 Å². The van der Waals surface area contributed by atoms with E-state index >= 15 is 0 Å². The van der Waals surface area contributed by atoms with Crippen LogP contribution in [0.4, 0.5) is 4.39 Å². The summed E-state index contributed by atoms with van der Waals surface area (Å²) in [6.07, 6.45) is 1.76. The van der Waals surface area contributed by atoms with Gasteiger partial charge in [-0.15, -0.1) is 0 Å². The van der Waals surface area contributed by atoms with Crippen LogP contribution >= 0.6 is 0 Å². The number of imidazole rings is 1. The first-order valence-electron chi connectivity index (χ1n) is 5.98. The van der Waals surface area contributed by atoms with Crippen molar-refractivity contribution in [2.45, 2.75) is 20.4 Å². The molecule has 0 bridgehead atoms. The molecule has 0 radical (unpaired) electrons. The molecule has 19 heavy (non-hydrogen) atoms. The summed E-state index contributed by atoms with van der Waals surface area (Å²) in [7, 11) is 0. The summed E-state index contributed by atoms with van der Waals surface area (Å²) in [5.41, 5.74) is 3.55. The molecule has 0 atom stereocenters. The zero-order valence-corrected chi connectivity index (χ0v) is 10.9. The van der Waals surface area contributed by atoms with Gasteiger partial charge in [0.2, 0.25) is 0 Å². The molecular weight excluding hydrogens is 243 g/mol. The largest absolute Gasteiger partial charge is 0.384 e. The van der Waals surface area contributed by atoms with Crippen molar-refractivity contribution in [1.29, 1.82) is 0 Å². The normalized spacial score (nSPS) is 10.1. The molecule has 1 N–H and O–H groups in total. The molecule has 1 heterocycles. The topological polar surface area (TPSA) is 38.0 Å². The molecule has 4 heteroatoms. The smallest absolute Gasteiger partial charge is 0.124 e. The average molecular weight is 258 g/mol. The summed E-state index contributed by atoms with van der Waals surface area (Å²) in [4.78, 5) is 4.23. The second kappa shape index (κ2) is 5.68. The summed E-state index contributed by atoms with van der Waals surface area (Å²) in [5, 5.41) is 8.74. The Morgan fingerprint density at radius 3 is 2.79 bits per heavy atom. The summed E-state index contributed by atoms with van der Waals surface area (Å²) >= 11 is 0. The van der Waals surface area contributed by atoms with E-state index in [9.17, 15) is 4.39 Å². The molecule has 0 aliphatic carbocycles. The zero-order valence-electron chi connectivity index (χ0n) is 10.9. The lowest BCUT2D eigenvalue weighted by molar-refractivity contribution is 0.350. The van der Waals surface area contributed by atoms with E-state index in [0.29, 0.717) is 12.1 Å². The van der Waals surface area contributed by atoms with Crippen LogP contribution < -0.4 is 0 Å².